The Morgan fingerprint density at radius 1 is 1.39 bits per heavy atom. The first kappa shape index (κ1) is 21.5. The summed E-state index contributed by atoms with van der Waals surface area (Å²) in [6.45, 7) is 8.71. The molecule has 1 aromatic heterocycles. The Balaban J connectivity index is 1.64. The van der Waals surface area contributed by atoms with E-state index in [1.807, 2.05) is 0 Å². The standard InChI is InChI=1S/C23H29FN4O3/c1-4-27-23-15(13(3)25)6-8-28(23)18-10-20(22(30)21(18)29)31-19-9-17(24)12(2)14-5-7-26-11-16(14)19/h4,6,8-9,18,20-22,26,29-30H,3,5,7,10-11,25H2,1-2H3/b27-4-/t18-,20+,21+,22-/m1/s1. The van der Waals surface area contributed by atoms with Gasteiger partial charge in [-0.25, -0.2) is 9.38 Å². The average molecular weight is 429 g/mol. The van der Waals surface area contributed by atoms with Crippen molar-refractivity contribution in [3.8, 4) is 5.75 Å². The lowest BCUT2D eigenvalue weighted by Crippen LogP contribution is -2.35. The minimum atomic E-state index is -1.13. The van der Waals surface area contributed by atoms with Gasteiger partial charge in [-0.2, -0.15) is 0 Å². The highest BCUT2D eigenvalue weighted by Gasteiger charge is 2.45. The molecule has 166 valence electrons. The topological polar surface area (TPSA) is 105 Å². The number of fused-ring (bicyclic) bond motifs is 1. The molecule has 1 aromatic carbocycles. The Kier molecular flexibility index (Phi) is 5.88. The third kappa shape index (κ3) is 3.75. The summed E-state index contributed by atoms with van der Waals surface area (Å²) in [5.74, 6) is 0.656. The highest BCUT2D eigenvalue weighted by Crippen LogP contribution is 2.40. The van der Waals surface area contributed by atoms with Crippen molar-refractivity contribution < 1.29 is 19.3 Å². The molecule has 2 aliphatic rings. The van der Waals surface area contributed by atoms with Gasteiger partial charge in [-0.3, -0.25) is 0 Å². The second kappa shape index (κ2) is 8.45. The van der Waals surface area contributed by atoms with E-state index in [1.165, 1.54) is 6.07 Å². The van der Waals surface area contributed by atoms with Crippen molar-refractivity contribution in [3.63, 3.8) is 0 Å². The number of aliphatic hydroxyl groups excluding tert-OH is 2. The molecule has 8 heteroatoms. The Morgan fingerprint density at radius 3 is 2.87 bits per heavy atom. The van der Waals surface area contributed by atoms with Gasteiger partial charge in [-0.05, 0) is 44.0 Å². The smallest absolute Gasteiger partial charge is 0.141 e. The van der Waals surface area contributed by atoms with E-state index in [2.05, 4.69) is 16.9 Å². The van der Waals surface area contributed by atoms with Crippen LogP contribution in [0.5, 0.6) is 5.75 Å². The molecule has 31 heavy (non-hydrogen) atoms. The maximum absolute atomic E-state index is 14.5. The highest BCUT2D eigenvalue weighted by atomic mass is 19.1. The lowest BCUT2D eigenvalue weighted by atomic mass is 9.95. The van der Waals surface area contributed by atoms with Crippen molar-refractivity contribution in [3.05, 3.63) is 53.0 Å². The van der Waals surface area contributed by atoms with Crippen LogP contribution >= 0.6 is 0 Å². The molecule has 2 aromatic rings. The number of benzene rings is 1. The highest BCUT2D eigenvalue weighted by molar-refractivity contribution is 5.73. The van der Waals surface area contributed by atoms with Crippen molar-refractivity contribution in [2.75, 3.05) is 6.54 Å². The summed E-state index contributed by atoms with van der Waals surface area (Å²) in [5.41, 5.74) is 9.42. The van der Waals surface area contributed by atoms with Gasteiger partial charge < -0.3 is 30.6 Å². The Hall–Kier alpha value is -2.68. The largest absolute Gasteiger partial charge is 0.487 e. The molecule has 4 rings (SSSR count). The number of ether oxygens (including phenoxy) is 1. The molecule has 1 aliphatic heterocycles. The van der Waals surface area contributed by atoms with Gasteiger partial charge in [0.25, 0.3) is 0 Å². The first-order valence-electron chi connectivity index (χ1n) is 10.5. The van der Waals surface area contributed by atoms with Crippen LogP contribution in [0, 0.1) is 12.7 Å². The fraction of sp³-hybridized carbons (Fsp3) is 0.435. The molecule has 0 saturated heterocycles. The van der Waals surface area contributed by atoms with E-state index in [0.29, 0.717) is 41.4 Å². The van der Waals surface area contributed by atoms with Crippen molar-refractivity contribution >= 4 is 17.7 Å². The van der Waals surface area contributed by atoms with E-state index >= 15 is 0 Å². The molecular weight excluding hydrogens is 399 g/mol. The van der Waals surface area contributed by atoms with Gasteiger partial charge in [0.2, 0.25) is 0 Å². The number of halogens is 1. The number of aliphatic hydroxyl groups is 2. The van der Waals surface area contributed by atoms with Crippen LogP contribution in [-0.4, -0.2) is 45.9 Å². The maximum atomic E-state index is 14.5. The predicted octanol–water partition coefficient (Wildman–Crippen LogP) is 2.35. The summed E-state index contributed by atoms with van der Waals surface area (Å²) in [4.78, 5) is 4.39. The molecule has 1 aliphatic carbocycles. The Bertz CT molecular complexity index is 1030. The van der Waals surface area contributed by atoms with Gasteiger partial charge in [0.05, 0.1) is 6.04 Å². The van der Waals surface area contributed by atoms with Gasteiger partial charge in [-0.1, -0.05) is 6.58 Å². The van der Waals surface area contributed by atoms with Crippen LogP contribution < -0.4 is 15.8 Å². The van der Waals surface area contributed by atoms with Crippen LogP contribution in [0.4, 0.5) is 10.2 Å². The van der Waals surface area contributed by atoms with Crippen LogP contribution in [-0.2, 0) is 13.0 Å². The van der Waals surface area contributed by atoms with E-state index in [-0.39, 0.29) is 5.82 Å². The molecule has 0 amide bonds. The first-order valence-corrected chi connectivity index (χ1v) is 10.5. The van der Waals surface area contributed by atoms with E-state index in [4.69, 9.17) is 10.5 Å². The molecule has 0 bridgehead atoms. The molecule has 1 saturated carbocycles. The van der Waals surface area contributed by atoms with Crippen LogP contribution in [0.2, 0.25) is 0 Å². The van der Waals surface area contributed by atoms with Crippen LogP contribution in [0.15, 0.2) is 29.9 Å². The first-order chi connectivity index (χ1) is 14.8. The molecule has 0 spiro atoms. The molecule has 0 unspecified atom stereocenters. The number of aromatic nitrogens is 1. The second-order valence-corrected chi connectivity index (χ2v) is 8.18. The van der Waals surface area contributed by atoms with Crippen molar-refractivity contribution in [1.82, 2.24) is 9.88 Å². The quantitative estimate of drug-likeness (QED) is 0.547. The number of rotatable bonds is 5. The molecule has 5 N–H and O–H groups in total. The molecule has 4 atom stereocenters. The van der Waals surface area contributed by atoms with Gasteiger partial charge in [-0.15, -0.1) is 0 Å². The molecule has 0 radical (unpaired) electrons. The fourth-order valence-corrected chi connectivity index (χ4v) is 4.63. The van der Waals surface area contributed by atoms with Crippen molar-refractivity contribution in [1.29, 1.82) is 0 Å². The summed E-state index contributed by atoms with van der Waals surface area (Å²) in [5, 5.41) is 24.8. The van der Waals surface area contributed by atoms with Crippen LogP contribution in [0.3, 0.4) is 0 Å². The van der Waals surface area contributed by atoms with E-state index in [9.17, 15) is 14.6 Å². The van der Waals surface area contributed by atoms with Gasteiger partial charge in [0.15, 0.2) is 0 Å². The number of nitrogens with one attached hydrogen (secondary N) is 1. The number of nitrogens with zero attached hydrogens (tertiary/aromatic N) is 2. The third-order valence-corrected chi connectivity index (χ3v) is 6.30. The zero-order valence-electron chi connectivity index (χ0n) is 17.8. The molecule has 2 heterocycles. The summed E-state index contributed by atoms with van der Waals surface area (Å²) >= 11 is 0. The van der Waals surface area contributed by atoms with Crippen LogP contribution in [0.1, 0.15) is 41.6 Å². The average Bonchev–Trinajstić information content (AvgIpc) is 3.28. The molecule has 1 fully saturated rings. The summed E-state index contributed by atoms with van der Waals surface area (Å²) in [7, 11) is 0. The van der Waals surface area contributed by atoms with Crippen LogP contribution in [0.25, 0.3) is 5.70 Å². The van der Waals surface area contributed by atoms with Gasteiger partial charge in [0.1, 0.15) is 35.7 Å². The summed E-state index contributed by atoms with van der Waals surface area (Å²) in [6.07, 6.45) is 1.56. The van der Waals surface area contributed by atoms with Gasteiger partial charge >= 0.3 is 0 Å². The lowest BCUT2D eigenvalue weighted by Gasteiger charge is -2.26. The SMILES string of the molecule is C=C(N)c1ccn([C@@H]2C[C@H](Oc3cc(F)c(C)c4c3CNCC4)[C@@H](O)[C@H]2O)c1/N=C\C. The normalized spacial score (nSPS) is 25.7. The summed E-state index contributed by atoms with van der Waals surface area (Å²) < 4.78 is 22.4. The summed E-state index contributed by atoms with van der Waals surface area (Å²) in [6, 6.07) is 2.69. The Morgan fingerprint density at radius 2 is 2.16 bits per heavy atom. The Labute approximate surface area is 181 Å². The fourth-order valence-electron chi connectivity index (χ4n) is 4.63. The monoisotopic (exact) mass is 428 g/mol. The maximum Gasteiger partial charge on any atom is 0.141 e. The molecule has 7 nitrogen and oxygen atoms in total. The minimum absolute atomic E-state index is 0.323. The third-order valence-electron chi connectivity index (χ3n) is 6.30. The van der Waals surface area contributed by atoms with E-state index in [1.54, 1.807) is 36.9 Å². The van der Waals surface area contributed by atoms with E-state index in [0.717, 1.165) is 24.1 Å². The van der Waals surface area contributed by atoms with Crippen molar-refractivity contribution in [2.45, 2.75) is 57.6 Å². The minimum Gasteiger partial charge on any atom is -0.487 e. The van der Waals surface area contributed by atoms with Gasteiger partial charge in [0, 0.05) is 48.3 Å². The molecular formula is C23H29FN4O3. The number of hydrogen-bond acceptors (Lipinski definition) is 6. The second-order valence-electron chi connectivity index (χ2n) is 8.18. The number of nitrogens with two attached hydrogens (primary N) is 1. The predicted molar refractivity (Wildman–Crippen MR) is 118 cm³/mol. The zero-order chi connectivity index (χ0) is 22.3. The van der Waals surface area contributed by atoms with E-state index < -0.39 is 24.4 Å². The van der Waals surface area contributed by atoms with Crippen molar-refractivity contribution in [2.24, 2.45) is 10.7 Å². The lowest BCUT2D eigenvalue weighted by molar-refractivity contribution is -0.0168. The zero-order valence-corrected chi connectivity index (χ0v) is 17.8. The number of hydrogen-bond donors (Lipinski definition) is 4. The number of aliphatic imine (C=N–C) groups is 1.